The maximum atomic E-state index is 11.1. The molecule has 0 bridgehead atoms. The number of ether oxygens (including phenoxy) is 4. The molecule has 0 saturated carbocycles. The summed E-state index contributed by atoms with van der Waals surface area (Å²) < 4.78 is 22.5. The first-order valence-electron chi connectivity index (χ1n) is 9.54. The fourth-order valence-electron chi connectivity index (χ4n) is 3.45. The van der Waals surface area contributed by atoms with Gasteiger partial charge in [-0.25, -0.2) is 0 Å². The van der Waals surface area contributed by atoms with Crippen LogP contribution in [0.25, 0.3) is 11.1 Å². The molecule has 0 aromatic heterocycles. The SMILES string of the molecule is COc1cc(OCc2cccc(-c3ccc4c(c3)OCCO4)c2C)c(Cl)cc1C=O. The number of hydrogen-bond donors (Lipinski definition) is 0. The Balaban J connectivity index is 1.59. The van der Waals surface area contributed by atoms with Crippen LogP contribution in [-0.2, 0) is 6.61 Å². The van der Waals surface area contributed by atoms with E-state index in [4.69, 9.17) is 30.5 Å². The van der Waals surface area contributed by atoms with Gasteiger partial charge in [0.1, 0.15) is 31.3 Å². The normalized spacial score (nSPS) is 12.4. The minimum Gasteiger partial charge on any atom is -0.496 e. The van der Waals surface area contributed by atoms with Crippen molar-refractivity contribution in [3.8, 4) is 34.1 Å². The number of carbonyl (C=O) groups excluding carboxylic acids is 1. The summed E-state index contributed by atoms with van der Waals surface area (Å²) in [5.74, 6) is 2.41. The monoisotopic (exact) mass is 424 g/mol. The Labute approximate surface area is 180 Å². The van der Waals surface area contributed by atoms with E-state index < -0.39 is 0 Å². The van der Waals surface area contributed by atoms with E-state index in [1.54, 1.807) is 12.1 Å². The number of aldehydes is 1. The van der Waals surface area contributed by atoms with Gasteiger partial charge < -0.3 is 18.9 Å². The van der Waals surface area contributed by atoms with Gasteiger partial charge in [0.2, 0.25) is 0 Å². The molecule has 0 aliphatic carbocycles. The van der Waals surface area contributed by atoms with Crippen LogP contribution in [0.4, 0.5) is 0 Å². The van der Waals surface area contributed by atoms with Crippen LogP contribution in [0.3, 0.4) is 0 Å². The van der Waals surface area contributed by atoms with Gasteiger partial charge in [-0.3, -0.25) is 4.79 Å². The van der Waals surface area contributed by atoms with Crippen LogP contribution in [0, 0.1) is 6.92 Å². The van der Waals surface area contributed by atoms with E-state index in [1.165, 1.54) is 7.11 Å². The van der Waals surface area contributed by atoms with Crippen molar-refractivity contribution in [1.29, 1.82) is 0 Å². The molecule has 4 rings (SSSR count). The van der Waals surface area contributed by atoms with Gasteiger partial charge >= 0.3 is 0 Å². The Morgan fingerprint density at radius 2 is 1.83 bits per heavy atom. The molecule has 30 heavy (non-hydrogen) atoms. The second-order valence-electron chi connectivity index (χ2n) is 6.88. The molecule has 154 valence electrons. The fourth-order valence-corrected chi connectivity index (χ4v) is 3.68. The fraction of sp³-hybridized carbons (Fsp3) is 0.208. The first-order valence-corrected chi connectivity index (χ1v) is 9.92. The molecule has 6 heteroatoms. The maximum absolute atomic E-state index is 11.1. The first kappa shape index (κ1) is 20.1. The molecule has 0 fully saturated rings. The minimum absolute atomic E-state index is 0.327. The Morgan fingerprint density at radius 1 is 1.03 bits per heavy atom. The average molecular weight is 425 g/mol. The van der Waals surface area contributed by atoms with Crippen LogP contribution in [0.1, 0.15) is 21.5 Å². The number of benzene rings is 3. The number of halogens is 1. The minimum atomic E-state index is 0.327. The molecule has 0 saturated heterocycles. The highest BCUT2D eigenvalue weighted by molar-refractivity contribution is 6.32. The van der Waals surface area contributed by atoms with Gasteiger partial charge in [0.25, 0.3) is 0 Å². The largest absolute Gasteiger partial charge is 0.496 e. The van der Waals surface area contributed by atoms with Crippen molar-refractivity contribution < 1.29 is 23.7 Å². The van der Waals surface area contributed by atoms with Gasteiger partial charge in [0.05, 0.1) is 17.7 Å². The Bertz CT molecular complexity index is 1090. The first-order chi connectivity index (χ1) is 14.6. The second-order valence-corrected chi connectivity index (χ2v) is 7.29. The molecule has 0 atom stereocenters. The Kier molecular flexibility index (Phi) is 5.81. The lowest BCUT2D eigenvalue weighted by Gasteiger charge is -2.20. The van der Waals surface area contributed by atoms with E-state index >= 15 is 0 Å². The second kappa shape index (κ2) is 8.67. The van der Waals surface area contributed by atoms with Crippen molar-refractivity contribution in [3.63, 3.8) is 0 Å². The quantitative estimate of drug-likeness (QED) is 0.490. The molecule has 0 amide bonds. The van der Waals surface area contributed by atoms with Crippen LogP contribution in [-0.4, -0.2) is 26.6 Å². The van der Waals surface area contributed by atoms with Crippen LogP contribution in [0.5, 0.6) is 23.0 Å². The van der Waals surface area contributed by atoms with Crippen molar-refractivity contribution in [1.82, 2.24) is 0 Å². The third-order valence-corrected chi connectivity index (χ3v) is 5.39. The van der Waals surface area contributed by atoms with Crippen LogP contribution in [0.2, 0.25) is 5.02 Å². The van der Waals surface area contributed by atoms with Gasteiger partial charge in [-0.1, -0.05) is 35.9 Å². The van der Waals surface area contributed by atoms with Gasteiger partial charge in [-0.2, -0.15) is 0 Å². The number of fused-ring (bicyclic) bond motifs is 1. The van der Waals surface area contributed by atoms with Crippen molar-refractivity contribution in [2.24, 2.45) is 0 Å². The summed E-state index contributed by atoms with van der Waals surface area (Å²) in [5.41, 5.74) is 4.65. The highest BCUT2D eigenvalue weighted by Crippen LogP contribution is 2.37. The molecular formula is C24H21ClO5. The van der Waals surface area contributed by atoms with Crippen molar-refractivity contribution in [3.05, 3.63) is 70.2 Å². The third-order valence-electron chi connectivity index (χ3n) is 5.09. The molecule has 3 aromatic carbocycles. The summed E-state index contributed by atoms with van der Waals surface area (Å²) in [7, 11) is 1.50. The highest BCUT2D eigenvalue weighted by Gasteiger charge is 2.15. The smallest absolute Gasteiger partial charge is 0.161 e. The molecule has 1 heterocycles. The van der Waals surface area contributed by atoms with Crippen molar-refractivity contribution in [2.75, 3.05) is 20.3 Å². The van der Waals surface area contributed by atoms with Crippen molar-refractivity contribution >= 4 is 17.9 Å². The summed E-state index contributed by atoms with van der Waals surface area (Å²) >= 11 is 6.27. The van der Waals surface area contributed by atoms with Gasteiger partial charge in [0, 0.05) is 6.07 Å². The molecule has 0 N–H and O–H groups in total. The zero-order valence-electron chi connectivity index (χ0n) is 16.7. The molecule has 1 aliphatic heterocycles. The van der Waals surface area contributed by atoms with Gasteiger partial charge in [-0.15, -0.1) is 0 Å². The van der Waals surface area contributed by atoms with E-state index in [9.17, 15) is 4.79 Å². The highest BCUT2D eigenvalue weighted by atomic mass is 35.5. The number of hydrogen-bond acceptors (Lipinski definition) is 5. The number of carbonyl (C=O) groups is 1. The zero-order chi connectivity index (χ0) is 21.1. The molecular weight excluding hydrogens is 404 g/mol. The molecule has 0 spiro atoms. The summed E-state index contributed by atoms with van der Waals surface area (Å²) in [6, 6.07) is 15.2. The van der Waals surface area contributed by atoms with E-state index in [2.05, 4.69) is 13.0 Å². The molecule has 0 unspecified atom stereocenters. The van der Waals surface area contributed by atoms with Crippen LogP contribution >= 0.6 is 11.6 Å². The Morgan fingerprint density at radius 3 is 2.60 bits per heavy atom. The lowest BCUT2D eigenvalue weighted by molar-refractivity contribution is 0.112. The topological polar surface area (TPSA) is 54.0 Å². The van der Waals surface area contributed by atoms with E-state index in [-0.39, 0.29) is 0 Å². The Hall–Kier alpha value is -3.18. The van der Waals surface area contributed by atoms with Gasteiger partial charge in [0.15, 0.2) is 17.8 Å². The van der Waals surface area contributed by atoms with E-state index in [1.807, 2.05) is 30.3 Å². The molecule has 0 radical (unpaired) electrons. The molecule has 3 aromatic rings. The van der Waals surface area contributed by atoms with E-state index in [0.717, 1.165) is 33.8 Å². The summed E-state index contributed by atoms with van der Waals surface area (Å²) in [6.45, 7) is 3.51. The lowest BCUT2D eigenvalue weighted by atomic mass is 9.96. The number of rotatable bonds is 6. The predicted octanol–water partition coefficient (Wildman–Crippen LogP) is 5.49. The number of methoxy groups -OCH3 is 1. The average Bonchev–Trinajstić information content (AvgIpc) is 2.78. The summed E-state index contributed by atoms with van der Waals surface area (Å²) in [6.07, 6.45) is 0.704. The van der Waals surface area contributed by atoms with Crippen LogP contribution < -0.4 is 18.9 Å². The zero-order valence-corrected chi connectivity index (χ0v) is 17.5. The third kappa shape index (κ3) is 3.94. The maximum Gasteiger partial charge on any atom is 0.161 e. The van der Waals surface area contributed by atoms with E-state index in [0.29, 0.717) is 48.2 Å². The van der Waals surface area contributed by atoms with Crippen LogP contribution in [0.15, 0.2) is 48.5 Å². The predicted molar refractivity (Wildman–Crippen MR) is 115 cm³/mol. The van der Waals surface area contributed by atoms with Gasteiger partial charge in [-0.05, 0) is 47.4 Å². The standard InChI is InChI=1S/C24H21ClO5/c1-15-17(14-30-23-12-22(27-2)18(13-26)10-20(23)25)4-3-5-19(15)16-6-7-21-24(11-16)29-9-8-28-21/h3-7,10-13H,8-9,14H2,1-2H3. The summed E-state index contributed by atoms with van der Waals surface area (Å²) in [5, 5.41) is 0.360. The lowest BCUT2D eigenvalue weighted by Crippen LogP contribution is -2.15. The molecule has 1 aliphatic rings. The summed E-state index contributed by atoms with van der Waals surface area (Å²) in [4.78, 5) is 11.1. The van der Waals surface area contributed by atoms with Crippen molar-refractivity contribution in [2.45, 2.75) is 13.5 Å². The molecule has 5 nitrogen and oxygen atoms in total.